The van der Waals surface area contributed by atoms with Gasteiger partial charge in [-0.3, -0.25) is 4.79 Å². The quantitative estimate of drug-likeness (QED) is 0.663. The number of hydrogen-bond acceptors (Lipinski definition) is 2. The van der Waals surface area contributed by atoms with Crippen molar-refractivity contribution < 1.29 is 4.79 Å². The van der Waals surface area contributed by atoms with Crippen molar-refractivity contribution in [2.45, 2.75) is 52.0 Å². The van der Waals surface area contributed by atoms with Gasteiger partial charge in [-0.1, -0.05) is 20.8 Å². The van der Waals surface area contributed by atoms with Gasteiger partial charge in [-0.15, -0.1) is 0 Å². The molecular weight excluding hydrogens is 188 g/mol. The van der Waals surface area contributed by atoms with E-state index in [1.807, 2.05) is 20.8 Å². The SMILES string of the molecule is CN(C(=O)C(C)(C)C)C1(C#N)CCCC1. The number of hydrogen-bond donors (Lipinski definition) is 0. The molecule has 0 saturated heterocycles. The van der Waals surface area contributed by atoms with Crippen LogP contribution < -0.4 is 0 Å². The minimum absolute atomic E-state index is 0.0611. The lowest BCUT2D eigenvalue weighted by Crippen LogP contribution is -2.50. The highest BCUT2D eigenvalue weighted by atomic mass is 16.2. The van der Waals surface area contributed by atoms with Crippen LogP contribution in [0.4, 0.5) is 0 Å². The van der Waals surface area contributed by atoms with Gasteiger partial charge in [0, 0.05) is 12.5 Å². The minimum atomic E-state index is -0.537. The number of amides is 1. The van der Waals surface area contributed by atoms with Crippen LogP contribution in [0.15, 0.2) is 0 Å². The first-order valence-corrected chi connectivity index (χ1v) is 5.53. The van der Waals surface area contributed by atoms with Crippen molar-refractivity contribution >= 4 is 5.91 Å². The molecular formula is C12H20N2O. The van der Waals surface area contributed by atoms with Crippen LogP contribution >= 0.6 is 0 Å². The van der Waals surface area contributed by atoms with E-state index in [4.69, 9.17) is 0 Å². The second-order valence-electron chi connectivity index (χ2n) is 5.46. The van der Waals surface area contributed by atoms with E-state index in [0.717, 1.165) is 25.7 Å². The normalized spacial score (nSPS) is 19.7. The van der Waals surface area contributed by atoms with Gasteiger partial charge in [0.2, 0.25) is 5.91 Å². The van der Waals surface area contributed by atoms with Gasteiger partial charge in [0.05, 0.1) is 6.07 Å². The summed E-state index contributed by atoms with van der Waals surface area (Å²) in [6.45, 7) is 5.68. The number of rotatable bonds is 1. The van der Waals surface area contributed by atoms with Crippen molar-refractivity contribution in [3.05, 3.63) is 0 Å². The van der Waals surface area contributed by atoms with Crippen molar-refractivity contribution in [2.24, 2.45) is 5.41 Å². The van der Waals surface area contributed by atoms with Crippen molar-refractivity contribution in [3.8, 4) is 6.07 Å². The summed E-state index contributed by atoms with van der Waals surface area (Å²) in [5, 5.41) is 9.26. The average molecular weight is 208 g/mol. The molecule has 0 unspecified atom stereocenters. The van der Waals surface area contributed by atoms with Gasteiger partial charge in [0.25, 0.3) is 0 Å². The second-order valence-corrected chi connectivity index (χ2v) is 5.46. The second kappa shape index (κ2) is 3.84. The predicted octanol–water partition coefficient (Wildman–Crippen LogP) is 2.33. The molecule has 0 radical (unpaired) electrons. The zero-order valence-corrected chi connectivity index (χ0v) is 10.1. The van der Waals surface area contributed by atoms with Gasteiger partial charge in [-0.05, 0) is 25.7 Å². The molecule has 0 N–H and O–H groups in total. The highest BCUT2D eigenvalue weighted by Crippen LogP contribution is 2.35. The molecule has 0 aromatic rings. The Morgan fingerprint density at radius 3 is 2.13 bits per heavy atom. The van der Waals surface area contributed by atoms with E-state index in [-0.39, 0.29) is 5.91 Å². The van der Waals surface area contributed by atoms with Gasteiger partial charge in [-0.25, -0.2) is 0 Å². The third kappa shape index (κ3) is 2.14. The Balaban J connectivity index is 2.88. The standard InChI is InChI=1S/C12H20N2O/c1-11(2,3)10(15)14(4)12(9-13)7-5-6-8-12/h5-8H2,1-4H3. The molecule has 0 atom stereocenters. The molecule has 0 aliphatic heterocycles. The van der Waals surface area contributed by atoms with Crippen molar-refractivity contribution in [1.82, 2.24) is 4.90 Å². The van der Waals surface area contributed by atoms with Gasteiger partial charge in [0.15, 0.2) is 0 Å². The zero-order chi connectivity index (χ0) is 11.7. The van der Waals surface area contributed by atoms with Gasteiger partial charge >= 0.3 is 0 Å². The molecule has 0 heterocycles. The molecule has 1 rings (SSSR count). The maximum atomic E-state index is 12.1. The summed E-state index contributed by atoms with van der Waals surface area (Å²) in [5.74, 6) is 0.0611. The van der Waals surface area contributed by atoms with Crippen LogP contribution in [-0.2, 0) is 4.79 Å². The first-order chi connectivity index (χ1) is 6.83. The maximum absolute atomic E-state index is 12.1. The summed E-state index contributed by atoms with van der Waals surface area (Å²) in [6.07, 6.45) is 3.74. The van der Waals surface area contributed by atoms with Crippen molar-refractivity contribution in [3.63, 3.8) is 0 Å². The molecule has 0 aromatic carbocycles. The molecule has 0 bridgehead atoms. The van der Waals surface area contributed by atoms with E-state index in [2.05, 4.69) is 6.07 Å². The van der Waals surface area contributed by atoms with Crippen LogP contribution in [-0.4, -0.2) is 23.4 Å². The number of nitriles is 1. The van der Waals surface area contributed by atoms with Crippen LogP contribution in [0.5, 0.6) is 0 Å². The number of carbonyl (C=O) groups excluding carboxylic acids is 1. The third-order valence-corrected chi connectivity index (χ3v) is 3.23. The lowest BCUT2D eigenvalue weighted by atomic mass is 9.90. The van der Waals surface area contributed by atoms with Crippen LogP contribution in [0.2, 0.25) is 0 Å². The Labute approximate surface area is 92.1 Å². The van der Waals surface area contributed by atoms with E-state index in [1.54, 1.807) is 11.9 Å². The molecule has 1 amide bonds. The lowest BCUT2D eigenvalue weighted by Gasteiger charge is -2.36. The molecule has 84 valence electrons. The van der Waals surface area contributed by atoms with E-state index in [1.165, 1.54) is 0 Å². The van der Waals surface area contributed by atoms with Crippen LogP contribution in [0.1, 0.15) is 46.5 Å². The summed E-state index contributed by atoms with van der Waals surface area (Å²) < 4.78 is 0. The largest absolute Gasteiger partial charge is 0.327 e. The molecule has 1 saturated carbocycles. The van der Waals surface area contributed by atoms with E-state index in [9.17, 15) is 10.1 Å². The molecule has 0 aromatic heterocycles. The molecule has 1 fully saturated rings. The Bertz CT molecular complexity index is 290. The van der Waals surface area contributed by atoms with Gasteiger partial charge in [-0.2, -0.15) is 5.26 Å². The fourth-order valence-corrected chi connectivity index (χ4v) is 2.18. The summed E-state index contributed by atoms with van der Waals surface area (Å²) in [5.41, 5.74) is -0.939. The average Bonchev–Trinajstić information content (AvgIpc) is 2.63. The monoisotopic (exact) mass is 208 g/mol. The summed E-state index contributed by atoms with van der Waals surface area (Å²) in [6, 6.07) is 2.34. The highest BCUT2D eigenvalue weighted by molar-refractivity contribution is 5.82. The highest BCUT2D eigenvalue weighted by Gasteiger charge is 2.42. The molecule has 3 nitrogen and oxygen atoms in total. The van der Waals surface area contributed by atoms with E-state index < -0.39 is 11.0 Å². The topological polar surface area (TPSA) is 44.1 Å². The third-order valence-electron chi connectivity index (χ3n) is 3.23. The first kappa shape index (κ1) is 12.0. The summed E-state index contributed by atoms with van der Waals surface area (Å²) in [7, 11) is 1.77. The summed E-state index contributed by atoms with van der Waals surface area (Å²) >= 11 is 0. The molecule has 1 aliphatic rings. The smallest absolute Gasteiger partial charge is 0.228 e. The zero-order valence-electron chi connectivity index (χ0n) is 10.1. The molecule has 0 spiro atoms. The number of nitrogens with zero attached hydrogens (tertiary/aromatic N) is 2. The first-order valence-electron chi connectivity index (χ1n) is 5.53. The molecule has 1 aliphatic carbocycles. The maximum Gasteiger partial charge on any atom is 0.228 e. The van der Waals surface area contributed by atoms with Crippen LogP contribution in [0, 0.1) is 16.7 Å². The Hall–Kier alpha value is -1.04. The van der Waals surface area contributed by atoms with E-state index >= 15 is 0 Å². The van der Waals surface area contributed by atoms with E-state index in [0.29, 0.717) is 0 Å². The molecule has 3 heteroatoms. The lowest BCUT2D eigenvalue weighted by molar-refractivity contribution is -0.142. The Morgan fingerprint density at radius 2 is 1.80 bits per heavy atom. The van der Waals surface area contributed by atoms with Crippen LogP contribution in [0.25, 0.3) is 0 Å². The van der Waals surface area contributed by atoms with Crippen molar-refractivity contribution in [2.75, 3.05) is 7.05 Å². The van der Waals surface area contributed by atoms with Crippen molar-refractivity contribution in [1.29, 1.82) is 5.26 Å². The predicted molar refractivity (Wildman–Crippen MR) is 59.0 cm³/mol. The summed E-state index contributed by atoms with van der Waals surface area (Å²) in [4.78, 5) is 13.8. The number of carbonyl (C=O) groups is 1. The fraction of sp³-hybridized carbons (Fsp3) is 0.833. The fourth-order valence-electron chi connectivity index (χ4n) is 2.18. The molecule has 15 heavy (non-hydrogen) atoms. The Morgan fingerprint density at radius 1 is 1.33 bits per heavy atom. The van der Waals surface area contributed by atoms with Crippen LogP contribution in [0.3, 0.4) is 0 Å². The Kier molecular flexibility index (Phi) is 3.08. The van der Waals surface area contributed by atoms with Gasteiger partial charge in [0.1, 0.15) is 5.54 Å². The van der Waals surface area contributed by atoms with Gasteiger partial charge < -0.3 is 4.90 Å². The minimum Gasteiger partial charge on any atom is -0.327 e.